The Kier molecular flexibility index (Phi) is 4.48. The van der Waals surface area contributed by atoms with Crippen molar-refractivity contribution < 1.29 is 14.3 Å². The molecule has 140 valence electrons. The number of para-hydroxylation sites is 1. The normalized spacial score (nSPS) is 15.5. The van der Waals surface area contributed by atoms with Crippen LogP contribution in [0.15, 0.2) is 36.4 Å². The number of nitrogens with one attached hydrogen (secondary N) is 1. The Labute approximate surface area is 162 Å². The molecule has 5 nitrogen and oxygen atoms in total. The van der Waals surface area contributed by atoms with Crippen LogP contribution in [0.4, 0.5) is 5.69 Å². The van der Waals surface area contributed by atoms with Gasteiger partial charge in [-0.25, -0.2) is 0 Å². The lowest BCUT2D eigenvalue weighted by molar-refractivity contribution is 0.101. The lowest BCUT2D eigenvalue weighted by atomic mass is 10.1. The second kappa shape index (κ2) is 6.82. The molecule has 2 aromatic carbocycles. The maximum absolute atomic E-state index is 13.0. The number of carbonyl (C=O) groups excluding carboxylic acids is 1. The number of ether oxygens (including phenoxy) is 2. The minimum absolute atomic E-state index is 0.119. The van der Waals surface area contributed by atoms with E-state index >= 15 is 0 Å². The van der Waals surface area contributed by atoms with Gasteiger partial charge in [0.05, 0.1) is 17.3 Å². The van der Waals surface area contributed by atoms with Gasteiger partial charge >= 0.3 is 0 Å². The Morgan fingerprint density at radius 2 is 2.15 bits per heavy atom. The molecule has 2 heterocycles. The van der Waals surface area contributed by atoms with Gasteiger partial charge in [-0.1, -0.05) is 29.8 Å². The van der Waals surface area contributed by atoms with E-state index in [9.17, 15) is 4.79 Å². The van der Waals surface area contributed by atoms with Gasteiger partial charge in [0.2, 0.25) is 0 Å². The van der Waals surface area contributed by atoms with Crippen LogP contribution >= 0.6 is 11.6 Å². The van der Waals surface area contributed by atoms with Crippen LogP contribution in [0.3, 0.4) is 0 Å². The van der Waals surface area contributed by atoms with Crippen molar-refractivity contribution in [1.29, 1.82) is 0 Å². The minimum Gasteiger partial charge on any atom is -0.492 e. The number of hydrogen-bond donors (Lipinski definition) is 1. The summed E-state index contributed by atoms with van der Waals surface area (Å²) in [6, 6.07) is 11.5. The van der Waals surface area contributed by atoms with Crippen LogP contribution in [0.2, 0.25) is 5.02 Å². The summed E-state index contributed by atoms with van der Waals surface area (Å²) in [6.45, 7) is 4.44. The van der Waals surface area contributed by atoms with Crippen molar-refractivity contribution in [2.45, 2.75) is 26.4 Å². The Morgan fingerprint density at radius 1 is 1.37 bits per heavy atom. The summed E-state index contributed by atoms with van der Waals surface area (Å²) in [5.74, 6) is 1.13. The zero-order valence-corrected chi connectivity index (χ0v) is 16.3. The van der Waals surface area contributed by atoms with Gasteiger partial charge < -0.3 is 19.4 Å². The van der Waals surface area contributed by atoms with Crippen molar-refractivity contribution in [2.24, 2.45) is 7.05 Å². The van der Waals surface area contributed by atoms with Crippen molar-refractivity contribution in [2.75, 3.05) is 11.9 Å². The van der Waals surface area contributed by atoms with Crippen LogP contribution in [-0.2, 0) is 13.5 Å². The average molecular weight is 385 g/mol. The second-order valence-corrected chi connectivity index (χ2v) is 7.09. The summed E-state index contributed by atoms with van der Waals surface area (Å²) in [7, 11) is 1.83. The van der Waals surface area contributed by atoms with E-state index in [-0.39, 0.29) is 12.0 Å². The van der Waals surface area contributed by atoms with Crippen molar-refractivity contribution in [3.8, 4) is 11.5 Å². The molecule has 1 atom stereocenters. The summed E-state index contributed by atoms with van der Waals surface area (Å²) in [5.41, 5.74) is 2.99. The fourth-order valence-electron chi connectivity index (χ4n) is 3.59. The Bertz CT molecular complexity index is 1000. The molecule has 1 unspecified atom stereocenters. The summed E-state index contributed by atoms with van der Waals surface area (Å²) in [5, 5.41) is 4.24. The second-order valence-electron chi connectivity index (χ2n) is 6.71. The third-order valence-electron chi connectivity index (χ3n) is 4.81. The number of hydrogen-bond acceptors (Lipinski definition) is 3. The highest BCUT2D eigenvalue weighted by atomic mass is 35.5. The van der Waals surface area contributed by atoms with Gasteiger partial charge in [0, 0.05) is 36.0 Å². The highest BCUT2D eigenvalue weighted by Crippen LogP contribution is 2.39. The van der Waals surface area contributed by atoms with E-state index in [1.165, 1.54) is 0 Å². The SMILES string of the molecule is CCOc1cc2c(cc1NC(=O)c1c(Cl)c3ccccc3n1C)OC(C)C2. The first-order chi connectivity index (χ1) is 13.0. The van der Waals surface area contributed by atoms with Gasteiger partial charge in [-0.3, -0.25) is 4.79 Å². The predicted octanol–water partition coefficient (Wildman–Crippen LogP) is 4.81. The van der Waals surface area contributed by atoms with Crippen LogP contribution in [0, 0.1) is 0 Å². The first-order valence-corrected chi connectivity index (χ1v) is 9.38. The number of anilines is 1. The molecule has 1 aliphatic heterocycles. The number of aryl methyl sites for hydroxylation is 1. The van der Waals surface area contributed by atoms with Crippen LogP contribution < -0.4 is 14.8 Å². The molecule has 3 aromatic rings. The largest absolute Gasteiger partial charge is 0.492 e. The van der Waals surface area contributed by atoms with Crippen molar-refractivity contribution in [3.63, 3.8) is 0 Å². The van der Waals surface area contributed by atoms with Gasteiger partial charge in [-0.2, -0.15) is 0 Å². The highest BCUT2D eigenvalue weighted by Gasteiger charge is 2.25. The molecular weight excluding hydrogens is 364 g/mol. The molecule has 0 saturated carbocycles. The lowest BCUT2D eigenvalue weighted by Crippen LogP contribution is -2.17. The fraction of sp³-hybridized carbons (Fsp3) is 0.286. The van der Waals surface area contributed by atoms with Crippen LogP contribution in [0.25, 0.3) is 10.9 Å². The van der Waals surface area contributed by atoms with Crippen molar-refractivity contribution >= 4 is 34.1 Å². The number of fused-ring (bicyclic) bond motifs is 2. The van der Waals surface area contributed by atoms with Gasteiger partial charge in [-0.05, 0) is 26.0 Å². The summed E-state index contributed by atoms with van der Waals surface area (Å²) in [4.78, 5) is 13.0. The molecule has 0 radical (unpaired) electrons. The number of carbonyl (C=O) groups is 1. The third-order valence-corrected chi connectivity index (χ3v) is 5.19. The zero-order valence-electron chi connectivity index (χ0n) is 15.5. The average Bonchev–Trinajstić information content (AvgIpc) is 3.12. The zero-order chi connectivity index (χ0) is 19.1. The molecule has 0 bridgehead atoms. The summed E-state index contributed by atoms with van der Waals surface area (Å²) in [6.07, 6.45) is 0.951. The molecule has 4 rings (SSSR count). The lowest BCUT2D eigenvalue weighted by Gasteiger charge is -2.14. The van der Waals surface area contributed by atoms with Crippen molar-refractivity contribution in [1.82, 2.24) is 4.57 Å². The van der Waals surface area contributed by atoms with Gasteiger partial charge in [-0.15, -0.1) is 0 Å². The molecule has 1 aliphatic rings. The number of rotatable bonds is 4. The summed E-state index contributed by atoms with van der Waals surface area (Å²) >= 11 is 6.50. The van der Waals surface area contributed by atoms with E-state index in [2.05, 4.69) is 5.32 Å². The monoisotopic (exact) mass is 384 g/mol. The Morgan fingerprint density at radius 3 is 2.89 bits per heavy atom. The maximum Gasteiger partial charge on any atom is 0.273 e. The number of benzene rings is 2. The molecule has 6 heteroatoms. The number of aromatic nitrogens is 1. The highest BCUT2D eigenvalue weighted by molar-refractivity contribution is 6.39. The predicted molar refractivity (Wildman–Crippen MR) is 107 cm³/mol. The topological polar surface area (TPSA) is 52.5 Å². The summed E-state index contributed by atoms with van der Waals surface area (Å²) < 4.78 is 13.4. The van der Waals surface area contributed by atoms with E-state index < -0.39 is 0 Å². The quantitative estimate of drug-likeness (QED) is 0.702. The Balaban J connectivity index is 1.72. The molecular formula is C21H21ClN2O3. The smallest absolute Gasteiger partial charge is 0.273 e. The maximum atomic E-state index is 13.0. The number of halogens is 1. The van der Waals surface area contributed by atoms with Crippen LogP contribution in [-0.4, -0.2) is 23.2 Å². The van der Waals surface area contributed by atoms with E-state index in [4.69, 9.17) is 21.1 Å². The van der Waals surface area contributed by atoms with E-state index in [1.807, 2.05) is 57.3 Å². The number of amides is 1. The van der Waals surface area contributed by atoms with Gasteiger partial charge in [0.15, 0.2) is 0 Å². The molecule has 0 spiro atoms. The van der Waals surface area contributed by atoms with Gasteiger partial charge in [0.25, 0.3) is 5.91 Å². The van der Waals surface area contributed by atoms with Crippen molar-refractivity contribution in [3.05, 3.63) is 52.7 Å². The molecule has 0 saturated heterocycles. The third kappa shape index (κ3) is 3.02. The molecule has 0 fully saturated rings. The minimum atomic E-state index is -0.286. The van der Waals surface area contributed by atoms with Crippen LogP contribution in [0.1, 0.15) is 29.9 Å². The first-order valence-electron chi connectivity index (χ1n) is 9.00. The van der Waals surface area contributed by atoms with E-state index in [0.29, 0.717) is 28.8 Å². The molecule has 0 aliphatic carbocycles. The molecule has 1 N–H and O–H groups in total. The fourth-order valence-corrected chi connectivity index (χ4v) is 3.96. The van der Waals surface area contributed by atoms with Crippen LogP contribution in [0.5, 0.6) is 11.5 Å². The molecule has 1 aromatic heterocycles. The Hall–Kier alpha value is -2.66. The standard InChI is InChI=1S/C21H21ClN2O3/c1-4-26-18-10-13-9-12(2)27-17(13)11-15(18)23-21(25)20-19(22)14-7-5-6-8-16(14)24(20)3/h5-8,10-12H,4,9H2,1-3H3,(H,23,25). The first kappa shape index (κ1) is 17.7. The van der Waals surface area contributed by atoms with Gasteiger partial charge in [0.1, 0.15) is 23.3 Å². The van der Waals surface area contributed by atoms with E-state index in [1.54, 1.807) is 4.57 Å². The number of nitrogens with zero attached hydrogens (tertiary/aromatic N) is 1. The van der Waals surface area contributed by atoms with E-state index in [0.717, 1.165) is 28.6 Å². The molecule has 27 heavy (non-hydrogen) atoms. The molecule has 1 amide bonds.